The van der Waals surface area contributed by atoms with Crippen molar-refractivity contribution in [2.45, 2.75) is 46.2 Å². The van der Waals surface area contributed by atoms with Crippen molar-refractivity contribution in [3.63, 3.8) is 0 Å². The van der Waals surface area contributed by atoms with Gasteiger partial charge in [0.25, 0.3) is 0 Å². The summed E-state index contributed by atoms with van der Waals surface area (Å²) in [7, 11) is -1.37. The average Bonchev–Trinajstić information content (AvgIpc) is 2.28. The van der Waals surface area contributed by atoms with E-state index in [-0.39, 0.29) is 0 Å². The van der Waals surface area contributed by atoms with Gasteiger partial charge in [0.05, 0.1) is 0 Å². The molecule has 0 aliphatic heterocycles. The quantitative estimate of drug-likeness (QED) is 0.740. The highest BCUT2D eigenvalue weighted by atomic mass is 16.4. The molecule has 0 aliphatic carbocycles. The number of rotatable bonds is 6. The molecule has 1 rings (SSSR count). The first-order chi connectivity index (χ1) is 8.41. The zero-order chi connectivity index (χ0) is 13.7. The molecule has 0 saturated carbocycles. The summed E-state index contributed by atoms with van der Waals surface area (Å²) < 4.78 is 0. The third kappa shape index (κ3) is 4.44. The average molecular weight is 249 g/mol. The van der Waals surface area contributed by atoms with Crippen LogP contribution in [-0.4, -0.2) is 40.7 Å². The fraction of sp³-hybridized carbons (Fsp3) is 0.571. The fourth-order valence-corrected chi connectivity index (χ4v) is 2.23. The van der Waals surface area contributed by atoms with E-state index in [1.807, 2.05) is 12.1 Å². The second kappa shape index (κ2) is 6.93. The molecule has 0 aliphatic rings. The highest BCUT2D eigenvalue weighted by Gasteiger charge is 2.13. The van der Waals surface area contributed by atoms with Gasteiger partial charge in [-0.05, 0) is 45.1 Å². The number of hydrogen-bond acceptors (Lipinski definition) is 3. The van der Waals surface area contributed by atoms with Gasteiger partial charge >= 0.3 is 7.12 Å². The van der Waals surface area contributed by atoms with E-state index >= 15 is 0 Å². The Morgan fingerprint density at radius 3 is 1.89 bits per heavy atom. The van der Waals surface area contributed by atoms with Gasteiger partial charge in [-0.2, -0.15) is 0 Å². The van der Waals surface area contributed by atoms with Crippen molar-refractivity contribution in [3.8, 4) is 0 Å². The maximum atomic E-state index is 9.03. The van der Waals surface area contributed by atoms with E-state index < -0.39 is 7.12 Å². The highest BCUT2D eigenvalue weighted by molar-refractivity contribution is 6.58. The van der Waals surface area contributed by atoms with Crippen molar-refractivity contribution in [2.75, 3.05) is 6.54 Å². The largest absolute Gasteiger partial charge is 0.488 e. The van der Waals surface area contributed by atoms with E-state index in [4.69, 9.17) is 10.0 Å². The van der Waals surface area contributed by atoms with Crippen molar-refractivity contribution in [2.24, 2.45) is 0 Å². The summed E-state index contributed by atoms with van der Waals surface area (Å²) in [5, 5.41) is 18.1. The Morgan fingerprint density at radius 2 is 1.50 bits per heavy atom. The number of nitrogens with zero attached hydrogens (tertiary/aromatic N) is 1. The minimum Gasteiger partial charge on any atom is -0.423 e. The molecule has 2 N–H and O–H groups in total. The number of benzene rings is 1. The summed E-state index contributed by atoms with van der Waals surface area (Å²) in [4.78, 5) is 2.45. The van der Waals surface area contributed by atoms with Crippen LogP contribution in [0.1, 0.15) is 33.3 Å². The molecule has 100 valence electrons. The van der Waals surface area contributed by atoms with E-state index in [1.54, 1.807) is 12.1 Å². The minimum atomic E-state index is -1.37. The van der Waals surface area contributed by atoms with Crippen LogP contribution >= 0.6 is 0 Å². The van der Waals surface area contributed by atoms with Crippen LogP contribution < -0.4 is 5.46 Å². The zero-order valence-electron chi connectivity index (χ0n) is 11.8. The number of hydrogen-bond donors (Lipinski definition) is 2. The Bertz CT molecular complexity index is 341. The summed E-state index contributed by atoms with van der Waals surface area (Å²) in [5.41, 5.74) is 1.77. The Kier molecular flexibility index (Phi) is 5.86. The van der Waals surface area contributed by atoms with Gasteiger partial charge in [0, 0.05) is 18.6 Å². The fourth-order valence-electron chi connectivity index (χ4n) is 2.23. The van der Waals surface area contributed by atoms with Gasteiger partial charge in [-0.15, -0.1) is 0 Å². The molecule has 1 aromatic rings. The third-order valence-corrected chi connectivity index (χ3v) is 3.26. The van der Waals surface area contributed by atoms with Crippen LogP contribution in [0.4, 0.5) is 0 Å². The van der Waals surface area contributed by atoms with E-state index in [9.17, 15) is 0 Å². The van der Waals surface area contributed by atoms with Crippen LogP contribution in [0.2, 0.25) is 0 Å². The van der Waals surface area contributed by atoms with Crippen molar-refractivity contribution in [1.82, 2.24) is 4.90 Å². The molecule has 0 amide bonds. The molecule has 0 bridgehead atoms. The molecule has 0 aromatic heterocycles. The summed E-state index contributed by atoms with van der Waals surface area (Å²) in [6.45, 7) is 9.88. The molecule has 0 atom stereocenters. The lowest BCUT2D eigenvalue weighted by Gasteiger charge is -2.30. The van der Waals surface area contributed by atoms with E-state index in [0.717, 1.165) is 13.0 Å². The first-order valence-corrected chi connectivity index (χ1v) is 6.62. The molecule has 3 nitrogen and oxygen atoms in total. The monoisotopic (exact) mass is 249 g/mol. The van der Waals surface area contributed by atoms with Crippen LogP contribution in [0, 0.1) is 0 Å². The van der Waals surface area contributed by atoms with E-state index in [0.29, 0.717) is 17.5 Å². The van der Waals surface area contributed by atoms with Crippen LogP contribution in [0.5, 0.6) is 0 Å². The zero-order valence-corrected chi connectivity index (χ0v) is 11.8. The van der Waals surface area contributed by atoms with Gasteiger partial charge in [0.1, 0.15) is 0 Å². The normalized spacial score (nSPS) is 11.6. The maximum Gasteiger partial charge on any atom is 0.488 e. The standard InChI is InChI=1S/C14H24BNO2/c1-11(2)16(12(3)4)10-9-13-5-7-14(8-6-13)15(17)18/h5-8,11-12,17-18H,9-10H2,1-4H3. The Balaban J connectivity index is 2.57. The Labute approximate surface area is 111 Å². The lowest BCUT2D eigenvalue weighted by atomic mass is 9.80. The van der Waals surface area contributed by atoms with Gasteiger partial charge in [-0.1, -0.05) is 24.3 Å². The van der Waals surface area contributed by atoms with Gasteiger partial charge in [0.15, 0.2) is 0 Å². The Hall–Kier alpha value is -0.835. The summed E-state index contributed by atoms with van der Waals surface area (Å²) >= 11 is 0. The first-order valence-electron chi connectivity index (χ1n) is 6.62. The van der Waals surface area contributed by atoms with Crippen molar-refractivity contribution >= 4 is 12.6 Å². The molecule has 0 radical (unpaired) electrons. The van der Waals surface area contributed by atoms with E-state index in [2.05, 4.69) is 32.6 Å². The molecule has 0 fully saturated rings. The lowest BCUT2D eigenvalue weighted by Crippen LogP contribution is -2.38. The molecule has 0 unspecified atom stereocenters. The van der Waals surface area contributed by atoms with Crippen molar-refractivity contribution in [1.29, 1.82) is 0 Å². The second-order valence-corrected chi connectivity index (χ2v) is 5.29. The minimum absolute atomic E-state index is 0.545. The predicted octanol–water partition coefficient (Wildman–Crippen LogP) is 1.03. The molecule has 1 aromatic carbocycles. The van der Waals surface area contributed by atoms with Crippen LogP contribution in [0.25, 0.3) is 0 Å². The summed E-state index contributed by atoms with van der Waals surface area (Å²) in [6, 6.07) is 8.57. The summed E-state index contributed by atoms with van der Waals surface area (Å²) in [5.74, 6) is 0. The molecular formula is C14H24BNO2. The lowest BCUT2D eigenvalue weighted by molar-refractivity contribution is 0.177. The molecule has 0 saturated heterocycles. The Morgan fingerprint density at radius 1 is 1.00 bits per heavy atom. The molecule has 18 heavy (non-hydrogen) atoms. The smallest absolute Gasteiger partial charge is 0.423 e. The predicted molar refractivity (Wildman–Crippen MR) is 76.9 cm³/mol. The SMILES string of the molecule is CC(C)N(CCc1ccc(B(O)O)cc1)C(C)C. The molecular weight excluding hydrogens is 225 g/mol. The van der Waals surface area contributed by atoms with Crippen LogP contribution in [0.15, 0.2) is 24.3 Å². The molecule has 0 spiro atoms. The van der Waals surface area contributed by atoms with Crippen molar-refractivity contribution < 1.29 is 10.0 Å². The highest BCUT2D eigenvalue weighted by Crippen LogP contribution is 2.07. The maximum absolute atomic E-state index is 9.03. The van der Waals surface area contributed by atoms with Crippen LogP contribution in [-0.2, 0) is 6.42 Å². The van der Waals surface area contributed by atoms with Crippen molar-refractivity contribution in [3.05, 3.63) is 29.8 Å². The molecule has 0 heterocycles. The van der Waals surface area contributed by atoms with Gasteiger partial charge in [-0.3, -0.25) is 4.90 Å². The third-order valence-electron chi connectivity index (χ3n) is 3.26. The molecule has 4 heteroatoms. The van der Waals surface area contributed by atoms with Gasteiger partial charge in [0.2, 0.25) is 0 Å². The van der Waals surface area contributed by atoms with Crippen LogP contribution in [0.3, 0.4) is 0 Å². The van der Waals surface area contributed by atoms with E-state index in [1.165, 1.54) is 5.56 Å². The summed E-state index contributed by atoms with van der Waals surface area (Å²) in [6.07, 6.45) is 0.984. The van der Waals surface area contributed by atoms with Gasteiger partial charge < -0.3 is 10.0 Å². The second-order valence-electron chi connectivity index (χ2n) is 5.29. The first kappa shape index (κ1) is 15.2. The van der Waals surface area contributed by atoms with Gasteiger partial charge in [-0.25, -0.2) is 0 Å². The topological polar surface area (TPSA) is 43.7 Å².